The van der Waals surface area contributed by atoms with E-state index < -0.39 is 12.6 Å². The molecule has 25 heavy (non-hydrogen) atoms. The average Bonchev–Trinajstić information content (AvgIpc) is 2.53. The number of benzene rings is 2. The van der Waals surface area contributed by atoms with Gasteiger partial charge in [-0.1, -0.05) is 17.7 Å². The lowest BCUT2D eigenvalue weighted by molar-refractivity contribution is -0.139. The van der Waals surface area contributed by atoms with Crippen molar-refractivity contribution in [3.8, 4) is 11.5 Å². The summed E-state index contributed by atoms with van der Waals surface area (Å²) in [6.07, 6.45) is 1.77. The third-order valence-electron chi connectivity index (χ3n) is 3.38. The molecule has 0 saturated carbocycles. The minimum Gasteiger partial charge on any atom is -0.490 e. The molecule has 0 spiro atoms. The van der Waals surface area contributed by atoms with E-state index >= 15 is 0 Å². The van der Waals surface area contributed by atoms with Crippen LogP contribution in [-0.2, 0) is 4.79 Å². The highest BCUT2D eigenvalue weighted by Gasteiger charge is 2.13. The maximum atomic E-state index is 10.7. The third-order valence-corrected chi connectivity index (χ3v) is 4.18. The number of aryl methyl sites for hydroxylation is 2. The molecule has 0 unspecified atom stereocenters. The minimum absolute atomic E-state index is 0.411. The molecule has 0 aliphatic carbocycles. The van der Waals surface area contributed by atoms with Crippen LogP contribution in [0, 0.1) is 17.4 Å². The summed E-state index contributed by atoms with van der Waals surface area (Å²) < 4.78 is 11.7. The number of ether oxygens (including phenoxy) is 2. The average molecular weight is 453 g/mol. The molecule has 0 atom stereocenters. The van der Waals surface area contributed by atoms with Crippen molar-refractivity contribution >= 4 is 40.5 Å². The Morgan fingerprint density at radius 3 is 2.64 bits per heavy atom. The lowest BCUT2D eigenvalue weighted by atomic mass is 10.1. The van der Waals surface area contributed by atoms with Crippen molar-refractivity contribution in [2.75, 3.05) is 13.2 Å². The van der Waals surface area contributed by atoms with Gasteiger partial charge >= 0.3 is 5.97 Å². The van der Waals surface area contributed by atoms with Crippen LogP contribution in [-0.4, -0.2) is 30.5 Å². The predicted octanol–water partition coefficient (Wildman–Crippen LogP) is 4.52. The number of hydrogen-bond donors (Lipinski definition) is 1. The van der Waals surface area contributed by atoms with Crippen molar-refractivity contribution < 1.29 is 19.4 Å². The monoisotopic (exact) mass is 453 g/mol. The molecule has 0 radical (unpaired) electrons. The quantitative estimate of drug-likeness (QED) is 0.495. The van der Waals surface area contributed by atoms with Crippen LogP contribution in [0.1, 0.15) is 23.6 Å². The largest absolute Gasteiger partial charge is 0.490 e. The van der Waals surface area contributed by atoms with Gasteiger partial charge in [-0.25, -0.2) is 4.79 Å². The second kappa shape index (κ2) is 8.84. The Kier molecular flexibility index (Phi) is 6.81. The van der Waals surface area contributed by atoms with Crippen LogP contribution in [0.25, 0.3) is 0 Å². The molecule has 0 saturated heterocycles. The Bertz CT molecular complexity index is 802. The predicted molar refractivity (Wildman–Crippen MR) is 107 cm³/mol. The highest BCUT2D eigenvalue weighted by molar-refractivity contribution is 14.1. The highest BCUT2D eigenvalue weighted by Crippen LogP contribution is 2.34. The number of carboxylic acid groups (broad SMARTS) is 1. The van der Waals surface area contributed by atoms with Crippen molar-refractivity contribution in [1.82, 2.24) is 0 Å². The summed E-state index contributed by atoms with van der Waals surface area (Å²) in [5.41, 5.74) is 4.07. The van der Waals surface area contributed by atoms with E-state index in [0.29, 0.717) is 18.1 Å². The normalized spacial score (nSPS) is 10.9. The van der Waals surface area contributed by atoms with Crippen LogP contribution in [0.2, 0.25) is 0 Å². The van der Waals surface area contributed by atoms with Gasteiger partial charge in [0.15, 0.2) is 18.1 Å². The van der Waals surface area contributed by atoms with E-state index in [9.17, 15) is 4.79 Å². The summed E-state index contributed by atoms with van der Waals surface area (Å²) in [5, 5.41) is 8.81. The van der Waals surface area contributed by atoms with Gasteiger partial charge in [0.25, 0.3) is 0 Å². The van der Waals surface area contributed by atoms with Crippen molar-refractivity contribution in [1.29, 1.82) is 0 Å². The Morgan fingerprint density at radius 2 is 2.00 bits per heavy atom. The van der Waals surface area contributed by atoms with E-state index in [4.69, 9.17) is 14.6 Å². The number of rotatable bonds is 7. The van der Waals surface area contributed by atoms with E-state index in [1.54, 1.807) is 12.3 Å². The van der Waals surface area contributed by atoms with Gasteiger partial charge in [-0.15, -0.1) is 0 Å². The van der Waals surface area contributed by atoms with E-state index in [1.165, 1.54) is 5.56 Å². The minimum atomic E-state index is -1.03. The zero-order valence-electron chi connectivity index (χ0n) is 14.4. The summed E-state index contributed by atoms with van der Waals surface area (Å²) in [6.45, 7) is 5.98. The molecule has 2 aromatic carbocycles. The SMILES string of the molecule is CCOc1cc(C=Nc2ccc(C)cc2C)cc(I)c1OCC(=O)O. The Morgan fingerprint density at radius 1 is 1.24 bits per heavy atom. The van der Waals surface area contributed by atoms with Crippen LogP contribution in [0.3, 0.4) is 0 Å². The van der Waals surface area contributed by atoms with Gasteiger partial charge in [-0.05, 0) is 72.7 Å². The van der Waals surface area contributed by atoms with Crippen molar-refractivity contribution in [3.05, 3.63) is 50.6 Å². The summed E-state index contributed by atoms with van der Waals surface area (Å²) in [4.78, 5) is 15.3. The highest BCUT2D eigenvalue weighted by atomic mass is 127. The summed E-state index contributed by atoms with van der Waals surface area (Å²) in [7, 11) is 0. The van der Waals surface area contributed by atoms with Crippen molar-refractivity contribution in [2.24, 2.45) is 4.99 Å². The first kappa shape index (κ1) is 19.2. The molecule has 0 heterocycles. The number of aliphatic imine (C=N–C) groups is 1. The summed E-state index contributed by atoms with van der Waals surface area (Å²) >= 11 is 2.10. The van der Waals surface area contributed by atoms with Gasteiger partial charge in [-0.3, -0.25) is 4.99 Å². The summed E-state index contributed by atoms with van der Waals surface area (Å²) in [6, 6.07) is 9.78. The summed E-state index contributed by atoms with van der Waals surface area (Å²) in [5.74, 6) is -0.0787. The molecular weight excluding hydrogens is 433 g/mol. The third kappa shape index (κ3) is 5.45. The molecular formula is C19H20INO4. The van der Waals surface area contributed by atoms with Crippen LogP contribution < -0.4 is 9.47 Å². The maximum absolute atomic E-state index is 10.7. The molecule has 0 fully saturated rings. The van der Waals surface area contributed by atoms with E-state index in [1.807, 2.05) is 39.0 Å². The fourth-order valence-electron chi connectivity index (χ4n) is 2.29. The van der Waals surface area contributed by atoms with Crippen LogP contribution in [0.5, 0.6) is 11.5 Å². The van der Waals surface area contributed by atoms with E-state index in [-0.39, 0.29) is 0 Å². The lowest BCUT2D eigenvalue weighted by Gasteiger charge is -2.13. The van der Waals surface area contributed by atoms with Gasteiger partial charge in [-0.2, -0.15) is 0 Å². The molecule has 5 nitrogen and oxygen atoms in total. The zero-order chi connectivity index (χ0) is 18.4. The molecule has 0 amide bonds. The molecule has 0 aliphatic rings. The first-order chi connectivity index (χ1) is 11.9. The second-order valence-corrected chi connectivity index (χ2v) is 6.66. The first-order valence-electron chi connectivity index (χ1n) is 7.83. The Hall–Kier alpha value is -2.09. The Balaban J connectivity index is 2.32. The molecule has 0 aromatic heterocycles. The number of carbonyl (C=O) groups is 1. The van der Waals surface area contributed by atoms with Crippen molar-refractivity contribution in [3.63, 3.8) is 0 Å². The smallest absolute Gasteiger partial charge is 0.341 e. The standard InChI is InChI=1S/C19H20INO4/c1-4-24-17-9-14(8-15(20)19(17)25-11-18(22)23)10-21-16-6-5-12(2)7-13(16)3/h5-10H,4,11H2,1-3H3,(H,22,23). The van der Waals surface area contributed by atoms with Crippen LogP contribution in [0.4, 0.5) is 5.69 Å². The van der Waals surface area contributed by atoms with E-state index in [2.05, 4.69) is 33.6 Å². The van der Waals surface area contributed by atoms with Crippen LogP contribution >= 0.6 is 22.6 Å². The van der Waals surface area contributed by atoms with Gasteiger partial charge in [0.2, 0.25) is 0 Å². The second-order valence-electron chi connectivity index (χ2n) is 5.49. The number of nitrogens with zero attached hydrogens (tertiary/aromatic N) is 1. The molecule has 1 N–H and O–H groups in total. The maximum Gasteiger partial charge on any atom is 0.341 e. The van der Waals surface area contributed by atoms with Gasteiger partial charge in [0, 0.05) is 6.21 Å². The van der Waals surface area contributed by atoms with Gasteiger partial charge in [0.05, 0.1) is 15.9 Å². The molecule has 2 aromatic rings. The van der Waals surface area contributed by atoms with Gasteiger partial charge < -0.3 is 14.6 Å². The number of hydrogen-bond acceptors (Lipinski definition) is 4. The fourth-order valence-corrected chi connectivity index (χ4v) is 3.07. The number of aliphatic carboxylic acids is 1. The number of halogens is 1. The molecule has 132 valence electrons. The topological polar surface area (TPSA) is 68.1 Å². The van der Waals surface area contributed by atoms with Gasteiger partial charge in [0.1, 0.15) is 0 Å². The van der Waals surface area contributed by atoms with Crippen molar-refractivity contribution in [2.45, 2.75) is 20.8 Å². The fraction of sp³-hybridized carbons (Fsp3) is 0.263. The Labute approximate surface area is 160 Å². The molecule has 6 heteroatoms. The molecule has 2 rings (SSSR count). The van der Waals surface area contributed by atoms with Crippen LogP contribution in [0.15, 0.2) is 35.3 Å². The van der Waals surface area contributed by atoms with E-state index in [0.717, 1.165) is 20.4 Å². The lowest BCUT2D eigenvalue weighted by Crippen LogP contribution is -2.11. The first-order valence-corrected chi connectivity index (χ1v) is 8.90. The zero-order valence-corrected chi connectivity index (χ0v) is 16.5. The molecule has 0 bridgehead atoms. The molecule has 0 aliphatic heterocycles. The number of carboxylic acids is 1.